The predicted octanol–water partition coefficient (Wildman–Crippen LogP) is 3.22. The molecule has 0 radical (unpaired) electrons. The lowest BCUT2D eigenvalue weighted by Crippen LogP contribution is -2.19. The van der Waals surface area contributed by atoms with Gasteiger partial charge in [-0.05, 0) is 49.8 Å². The molecule has 1 N–H and O–H groups in total. The fourth-order valence-electron chi connectivity index (χ4n) is 2.44. The average molecular weight is 268 g/mol. The number of methoxy groups -OCH3 is 1. The van der Waals surface area contributed by atoms with Gasteiger partial charge in [-0.2, -0.15) is 0 Å². The Hall–Kier alpha value is -1.13. The summed E-state index contributed by atoms with van der Waals surface area (Å²) in [6, 6.07) is 4.59. The molecule has 0 spiro atoms. The SMILES string of the molecule is COc1ccc(C(O)CCC2CCCCO2)cc1F. The molecule has 2 rings (SSSR count). The van der Waals surface area contributed by atoms with Gasteiger partial charge in [0.15, 0.2) is 11.6 Å². The second-order valence-electron chi connectivity index (χ2n) is 4.98. The van der Waals surface area contributed by atoms with Crippen LogP contribution in [0.1, 0.15) is 43.8 Å². The highest BCUT2D eigenvalue weighted by atomic mass is 19.1. The standard InChI is InChI=1S/C15H21FO3/c1-18-15-8-5-11(10-13(15)16)14(17)7-6-12-4-2-3-9-19-12/h5,8,10,12,14,17H,2-4,6-7,9H2,1H3. The van der Waals surface area contributed by atoms with Crippen LogP contribution in [0.4, 0.5) is 4.39 Å². The van der Waals surface area contributed by atoms with E-state index in [9.17, 15) is 9.50 Å². The van der Waals surface area contributed by atoms with E-state index in [0.717, 1.165) is 25.9 Å². The number of benzene rings is 1. The lowest BCUT2D eigenvalue weighted by atomic mass is 9.99. The van der Waals surface area contributed by atoms with Crippen LogP contribution in [-0.4, -0.2) is 24.9 Å². The summed E-state index contributed by atoms with van der Waals surface area (Å²) in [4.78, 5) is 0. The molecule has 1 aromatic rings. The summed E-state index contributed by atoms with van der Waals surface area (Å²) in [6.07, 6.45) is 4.38. The number of aliphatic hydroxyl groups excluding tert-OH is 1. The normalized spacial score (nSPS) is 21.1. The van der Waals surface area contributed by atoms with Gasteiger partial charge >= 0.3 is 0 Å². The molecule has 0 bridgehead atoms. The lowest BCUT2D eigenvalue weighted by molar-refractivity contribution is 0.00211. The molecule has 1 fully saturated rings. The highest BCUT2D eigenvalue weighted by Gasteiger charge is 2.17. The van der Waals surface area contributed by atoms with E-state index in [1.54, 1.807) is 12.1 Å². The van der Waals surface area contributed by atoms with E-state index in [1.165, 1.54) is 19.6 Å². The molecule has 2 atom stereocenters. The third kappa shape index (κ3) is 3.91. The molecule has 1 aromatic carbocycles. The zero-order valence-corrected chi connectivity index (χ0v) is 11.3. The summed E-state index contributed by atoms with van der Waals surface area (Å²) in [5, 5.41) is 10.1. The van der Waals surface area contributed by atoms with E-state index >= 15 is 0 Å². The first-order valence-corrected chi connectivity index (χ1v) is 6.84. The van der Waals surface area contributed by atoms with Gasteiger partial charge in [0, 0.05) is 6.61 Å². The van der Waals surface area contributed by atoms with E-state index in [-0.39, 0.29) is 11.9 Å². The Bertz CT molecular complexity index is 402. The summed E-state index contributed by atoms with van der Waals surface area (Å²) in [5.41, 5.74) is 0.592. The highest BCUT2D eigenvalue weighted by Crippen LogP contribution is 2.26. The summed E-state index contributed by atoms with van der Waals surface area (Å²) in [5.74, 6) is -0.237. The van der Waals surface area contributed by atoms with Gasteiger partial charge in [0.05, 0.1) is 19.3 Å². The molecule has 3 nitrogen and oxygen atoms in total. The molecule has 0 amide bonds. The number of hydrogen-bond acceptors (Lipinski definition) is 3. The van der Waals surface area contributed by atoms with Crippen LogP contribution in [0.25, 0.3) is 0 Å². The molecule has 0 aliphatic carbocycles. The summed E-state index contributed by atoms with van der Waals surface area (Å²) in [7, 11) is 1.43. The van der Waals surface area contributed by atoms with E-state index in [2.05, 4.69) is 0 Å². The van der Waals surface area contributed by atoms with Crippen molar-refractivity contribution in [1.29, 1.82) is 0 Å². The maximum atomic E-state index is 13.5. The summed E-state index contributed by atoms with van der Waals surface area (Å²) >= 11 is 0. The highest BCUT2D eigenvalue weighted by molar-refractivity contribution is 5.30. The van der Waals surface area contributed by atoms with E-state index in [4.69, 9.17) is 9.47 Å². The number of halogens is 1. The van der Waals surface area contributed by atoms with Gasteiger partial charge in [-0.1, -0.05) is 6.07 Å². The first kappa shape index (κ1) is 14.3. The first-order valence-electron chi connectivity index (χ1n) is 6.84. The van der Waals surface area contributed by atoms with Crippen LogP contribution in [0.3, 0.4) is 0 Å². The van der Waals surface area contributed by atoms with Crippen molar-refractivity contribution in [2.24, 2.45) is 0 Å². The third-order valence-corrected chi connectivity index (χ3v) is 3.60. The monoisotopic (exact) mass is 268 g/mol. The summed E-state index contributed by atoms with van der Waals surface area (Å²) < 4.78 is 24.0. The van der Waals surface area contributed by atoms with Crippen molar-refractivity contribution in [1.82, 2.24) is 0 Å². The van der Waals surface area contributed by atoms with Crippen molar-refractivity contribution >= 4 is 0 Å². The summed E-state index contributed by atoms with van der Waals surface area (Å²) in [6.45, 7) is 0.817. The van der Waals surface area contributed by atoms with Gasteiger partial charge in [0.25, 0.3) is 0 Å². The van der Waals surface area contributed by atoms with Crippen LogP contribution in [0.2, 0.25) is 0 Å². The Morgan fingerprint density at radius 2 is 2.32 bits per heavy atom. The first-order chi connectivity index (χ1) is 9.20. The Kier molecular flexibility index (Phi) is 5.16. The fraction of sp³-hybridized carbons (Fsp3) is 0.600. The molecule has 1 aliphatic rings. The van der Waals surface area contributed by atoms with Gasteiger partial charge in [-0.3, -0.25) is 0 Å². The molecule has 2 unspecified atom stereocenters. The van der Waals surface area contributed by atoms with Gasteiger partial charge in [-0.25, -0.2) is 4.39 Å². The van der Waals surface area contributed by atoms with Crippen LogP contribution in [0.15, 0.2) is 18.2 Å². The Balaban J connectivity index is 1.88. The number of hydrogen-bond donors (Lipinski definition) is 1. The zero-order valence-electron chi connectivity index (χ0n) is 11.3. The fourth-order valence-corrected chi connectivity index (χ4v) is 2.44. The molecule has 1 heterocycles. The minimum atomic E-state index is -0.647. The molecule has 19 heavy (non-hydrogen) atoms. The quantitative estimate of drug-likeness (QED) is 0.891. The second-order valence-corrected chi connectivity index (χ2v) is 4.98. The Morgan fingerprint density at radius 3 is 2.95 bits per heavy atom. The van der Waals surface area contributed by atoms with Crippen LogP contribution in [0, 0.1) is 5.82 Å². The van der Waals surface area contributed by atoms with Crippen LogP contribution in [0.5, 0.6) is 5.75 Å². The third-order valence-electron chi connectivity index (χ3n) is 3.60. The topological polar surface area (TPSA) is 38.7 Å². The number of aliphatic hydroxyl groups is 1. The van der Waals surface area contributed by atoms with Gasteiger partial charge in [0.2, 0.25) is 0 Å². The molecule has 106 valence electrons. The van der Waals surface area contributed by atoms with Crippen molar-refractivity contribution in [3.63, 3.8) is 0 Å². The lowest BCUT2D eigenvalue weighted by Gasteiger charge is -2.23. The van der Waals surface area contributed by atoms with E-state index in [0.29, 0.717) is 12.0 Å². The molecule has 1 saturated heterocycles. The Morgan fingerprint density at radius 1 is 1.47 bits per heavy atom. The van der Waals surface area contributed by atoms with Crippen molar-refractivity contribution in [3.05, 3.63) is 29.6 Å². The van der Waals surface area contributed by atoms with Crippen molar-refractivity contribution in [3.8, 4) is 5.75 Å². The minimum absolute atomic E-state index is 0.201. The van der Waals surface area contributed by atoms with Gasteiger partial charge in [0.1, 0.15) is 0 Å². The van der Waals surface area contributed by atoms with Crippen molar-refractivity contribution in [2.75, 3.05) is 13.7 Å². The smallest absolute Gasteiger partial charge is 0.165 e. The second kappa shape index (κ2) is 6.87. The maximum Gasteiger partial charge on any atom is 0.165 e. The van der Waals surface area contributed by atoms with Gasteiger partial charge < -0.3 is 14.6 Å². The molecule has 4 heteroatoms. The Labute approximate surface area is 113 Å². The predicted molar refractivity (Wildman–Crippen MR) is 70.7 cm³/mol. The number of ether oxygens (including phenoxy) is 2. The molecule has 1 aliphatic heterocycles. The minimum Gasteiger partial charge on any atom is -0.494 e. The molecular formula is C15H21FO3. The van der Waals surface area contributed by atoms with Crippen LogP contribution in [-0.2, 0) is 4.74 Å². The maximum absolute atomic E-state index is 13.5. The molecule has 0 saturated carbocycles. The van der Waals surface area contributed by atoms with Crippen LogP contribution < -0.4 is 4.74 Å². The van der Waals surface area contributed by atoms with Crippen LogP contribution >= 0.6 is 0 Å². The van der Waals surface area contributed by atoms with Gasteiger partial charge in [-0.15, -0.1) is 0 Å². The van der Waals surface area contributed by atoms with E-state index in [1.807, 2.05) is 0 Å². The molecular weight excluding hydrogens is 247 g/mol. The van der Waals surface area contributed by atoms with E-state index < -0.39 is 11.9 Å². The average Bonchev–Trinajstić information content (AvgIpc) is 2.45. The number of rotatable bonds is 5. The van der Waals surface area contributed by atoms with Crippen molar-refractivity contribution in [2.45, 2.75) is 44.3 Å². The zero-order chi connectivity index (χ0) is 13.7. The largest absolute Gasteiger partial charge is 0.494 e. The molecule has 0 aromatic heterocycles. The van der Waals surface area contributed by atoms with Crippen molar-refractivity contribution < 1.29 is 19.0 Å².